The van der Waals surface area contributed by atoms with Gasteiger partial charge < -0.3 is 71.5 Å². The van der Waals surface area contributed by atoms with Crippen molar-refractivity contribution in [2.45, 2.75) is 184 Å². The van der Waals surface area contributed by atoms with E-state index in [-0.39, 0.29) is 41.9 Å². The lowest BCUT2D eigenvalue weighted by atomic mass is 9.93. The molecule has 84 heavy (non-hydrogen) atoms. The van der Waals surface area contributed by atoms with E-state index in [0.717, 1.165) is 22.2 Å². The largest absolute Gasteiger partial charge is 0.489 e. The van der Waals surface area contributed by atoms with Gasteiger partial charge in [-0.05, 0) is 65.4 Å². The smallest absolute Gasteiger partial charge is 0.246 e. The fraction of sp³-hybridized carbons (Fsp3) is 0.603. The molecule has 1 saturated heterocycles. The Morgan fingerprint density at radius 2 is 1.42 bits per heavy atom. The molecule has 1 aromatic heterocycles. The lowest BCUT2D eigenvalue weighted by Gasteiger charge is -2.44. The minimum Gasteiger partial charge on any atom is -0.489 e. The average Bonchev–Trinajstić information content (AvgIpc) is 3.08. The predicted molar refractivity (Wildman–Crippen MR) is 323 cm³/mol. The summed E-state index contributed by atoms with van der Waals surface area (Å²) in [6.07, 6.45) is -3.06. The second-order valence-electron chi connectivity index (χ2n) is 25.4. The summed E-state index contributed by atoms with van der Waals surface area (Å²) in [4.78, 5) is 134. The summed E-state index contributed by atoms with van der Waals surface area (Å²) in [6, 6.07) is 5.83. The van der Waals surface area contributed by atoms with Gasteiger partial charge in [-0.2, -0.15) is 0 Å². The summed E-state index contributed by atoms with van der Waals surface area (Å²) in [5.74, 6) is -9.00. The zero-order valence-corrected chi connectivity index (χ0v) is 53.6. The lowest BCUT2D eigenvalue weighted by Crippen LogP contribution is -2.62. The molecule has 6 rings (SSSR count). The quantitative estimate of drug-likeness (QED) is 0.104. The molecule has 23 nitrogen and oxygen atoms in total. The molecule has 3 aliphatic rings. The first-order chi connectivity index (χ1) is 39.2. The monoisotopic (exact) mass is 1220 g/mol. The van der Waals surface area contributed by atoms with E-state index in [1.807, 2.05) is 30.3 Å². The first kappa shape index (κ1) is 66.8. The summed E-state index contributed by atoms with van der Waals surface area (Å²) < 4.78 is 20.2. The molecule has 3 aliphatic heterocycles. The lowest BCUT2D eigenvalue weighted by molar-refractivity contribution is -0.144. The summed E-state index contributed by atoms with van der Waals surface area (Å²) in [5, 5.41) is 30.5. The van der Waals surface area contributed by atoms with Gasteiger partial charge in [0, 0.05) is 42.5 Å². The molecule has 0 radical (unpaired) electrons. The van der Waals surface area contributed by atoms with E-state index < -0.39 is 156 Å². The molecule has 4 heterocycles. The van der Waals surface area contributed by atoms with Gasteiger partial charge in [-0.1, -0.05) is 99.1 Å². The number of hydrogen-bond donors (Lipinski definition) is 10. The number of rotatable bonds is 14. The van der Waals surface area contributed by atoms with Crippen molar-refractivity contribution in [3.63, 3.8) is 0 Å². The van der Waals surface area contributed by atoms with Crippen molar-refractivity contribution in [2.75, 3.05) is 32.0 Å². The Kier molecular flexibility index (Phi) is 22.1. The first-order valence-electron chi connectivity index (χ1n) is 28.8. The van der Waals surface area contributed by atoms with Gasteiger partial charge in [0.05, 0.1) is 48.9 Å². The number of aromatic nitrogens is 1. The molecule has 2 unspecified atom stereocenters. The van der Waals surface area contributed by atoms with E-state index in [1.54, 1.807) is 39.0 Å². The zero-order valence-electron chi connectivity index (χ0n) is 50.7. The van der Waals surface area contributed by atoms with E-state index in [2.05, 4.69) is 110 Å². The number of amides is 9. The van der Waals surface area contributed by atoms with Gasteiger partial charge >= 0.3 is 0 Å². The third kappa shape index (κ3) is 17.0. The van der Waals surface area contributed by atoms with Crippen molar-refractivity contribution in [3.8, 4) is 5.75 Å². The number of carbonyl (C=O) groups excluding carboxylic acids is 9. The van der Waals surface area contributed by atoms with Crippen molar-refractivity contribution in [1.29, 1.82) is 0 Å². The maximum atomic E-state index is 15.7. The molecule has 462 valence electrons. The fourth-order valence-electron chi connectivity index (χ4n) is 9.57. The van der Waals surface area contributed by atoms with Gasteiger partial charge in [-0.25, -0.2) is 0 Å². The van der Waals surface area contributed by atoms with Gasteiger partial charge in [-0.3, -0.25) is 43.2 Å². The van der Waals surface area contributed by atoms with Crippen molar-refractivity contribution in [2.24, 2.45) is 17.6 Å². The number of nitrogens with zero attached hydrogens (tertiary/aromatic N) is 1. The number of nitrogens with two attached hydrogens (primary N) is 1. The number of nitrogens with one attached hydrogen (secondary N) is 8. The molecule has 26 heteroatoms. The highest BCUT2D eigenvalue weighted by molar-refractivity contribution is 7.99. The Labute approximate surface area is 498 Å². The van der Waals surface area contributed by atoms with Gasteiger partial charge in [0.25, 0.3) is 0 Å². The van der Waals surface area contributed by atoms with E-state index >= 15 is 14.4 Å². The summed E-state index contributed by atoms with van der Waals surface area (Å²) in [6.45, 7) is 24.5. The van der Waals surface area contributed by atoms with Crippen molar-refractivity contribution in [3.05, 3.63) is 59.7 Å². The summed E-state index contributed by atoms with van der Waals surface area (Å²) >= 11 is 1.05. The highest BCUT2D eigenvalue weighted by atomic mass is 32.2. The number of hydrogen-bond acceptors (Lipinski definition) is 14. The molecule has 10 atom stereocenters. The molecular weight excluding hydrogens is 1130 g/mol. The van der Waals surface area contributed by atoms with Crippen LogP contribution in [-0.4, -0.2) is 165 Å². The van der Waals surface area contributed by atoms with Crippen LogP contribution in [0.4, 0.5) is 0 Å². The fourth-order valence-corrected chi connectivity index (χ4v) is 13.1. The van der Waals surface area contributed by atoms with Crippen LogP contribution in [0.3, 0.4) is 0 Å². The van der Waals surface area contributed by atoms with Crippen LogP contribution in [-0.2, 0) is 65.0 Å². The number of ether oxygens (including phenoxy) is 1. The van der Waals surface area contributed by atoms with E-state index in [0.29, 0.717) is 33.7 Å². The molecule has 2 bridgehead atoms. The molecule has 11 N–H and O–H groups in total. The summed E-state index contributed by atoms with van der Waals surface area (Å²) in [5.41, 5.74) is 7.60. The SMILES string of the molecule is CC[C@H](C)[C@@H]1NC(=O)CNC(=O)[C@@H]2Cc3c([nH]c4cc(OCc5ccccc5)ccc34)SC[C@@H](NC(=O)CNC1=O)C(=O)N[C@@H](CC(N)=O)C(=O)N1C[C@H](O)CC1C(=O)N[C@@H]([C@@H](C)C(CO[Si](C)(C)C(C)(C)C)O[Si](C)(C)C(C)(C)C)C(=O)N2. The minimum atomic E-state index is -2.74. The number of fused-ring (bicyclic) bond motifs is 5. The van der Waals surface area contributed by atoms with Gasteiger partial charge in [0.2, 0.25) is 53.2 Å². The van der Waals surface area contributed by atoms with Gasteiger partial charge in [0.15, 0.2) is 16.6 Å². The van der Waals surface area contributed by atoms with Crippen molar-refractivity contribution >= 4 is 92.5 Å². The number of thioether (sulfide) groups is 1. The average molecular weight is 1220 g/mol. The van der Waals surface area contributed by atoms with Crippen LogP contribution in [0.2, 0.25) is 36.3 Å². The molecular formula is C58H88N10O13SSi2. The number of carbonyl (C=O) groups is 9. The predicted octanol–water partition coefficient (Wildman–Crippen LogP) is 3.00. The first-order valence-corrected chi connectivity index (χ1v) is 35.6. The number of H-pyrrole nitrogens is 1. The Balaban J connectivity index is 1.58. The highest BCUT2D eigenvalue weighted by Crippen LogP contribution is 2.41. The maximum absolute atomic E-state index is 15.7. The molecule has 0 spiro atoms. The van der Waals surface area contributed by atoms with E-state index in [1.165, 1.54) is 0 Å². The Bertz CT molecular complexity index is 2910. The van der Waals surface area contributed by atoms with Crippen LogP contribution in [0, 0.1) is 11.8 Å². The molecule has 2 aromatic carbocycles. The van der Waals surface area contributed by atoms with Crippen LogP contribution in [0.15, 0.2) is 53.6 Å². The second kappa shape index (κ2) is 27.8. The molecule has 0 saturated carbocycles. The number of aliphatic hydroxyl groups is 1. The molecule has 3 aromatic rings. The van der Waals surface area contributed by atoms with Crippen LogP contribution in [0.5, 0.6) is 5.75 Å². The Morgan fingerprint density at radius 1 is 0.774 bits per heavy atom. The normalized spacial score (nSPS) is 24.5. The topological polar surface area (TPSA) is 331 Å². The third-order valence-corrected chi connectivity index (χ3v) is 27.2. The Hall–Kier alpha value is -6.33. The minimum absolute atomic E-state index is 0.00812. The third-order valence-electron chi connectivity index (χ3n) is 17.1. The standard InChI is InChI=1S/C58H88N10O13SSi2/c1-14-32(2)48-53(76)61-26-46(71)62-42-31-82-55-38(37-21-20-36(23-39(37)65-55)79-29-34-18-16-15-17-19-34)24-40(50(73)60-27-47(72)66-48)63-54(77)49(33(3)44(81-84(12,13)58(7,8)9)30-80-83(10,11)57(4,5)6)67-52(75)43-22-35(69)28-68(43)56(78)41(25-45(59)70)64-51(42)74/h15-21,23,32-33,35,40-44,48-49,65,69H,14,22,24-31H2,1-13H3,(H2,59,70)(H,60,73)(H,61,76)(H,62,71)(H,63,77)(H,64,74)(H,66,72)(H,67,75)/t32-,33-,35+,40-,41-,42+,43?,44?,48-,49-/m0/s1. The Morgan fingerprint density at radius 3 is 2.05 bits per heavy atom. The van der Waals surface area contributed by atoms with Crippen molar-refractivity contribution < 1.29 is 61.8 Å². The van der Waals surface area contributed by atoms with Crippen LogP contribution in [0.1, 0.15) is 92.7 Å². The van der Waals surface area contributed by atoms with E-state index in [9.17, 15) is 33.9 Å². The van der Waals surface area contributed by atoms with Crippen LogP contribution in [0.25, 0.3) is 10.9 Å². The van der Waals surface area contributed by atoms with Crippen LogP contribution >= 0.6 is 11.8 Å². The summed E-state index contributed by atoms with van der Waals surface area (Å²) in [7, 11) is -5.26. The number of benzene rings is 2. The number of primary amides is 1. The van der Waals surface area contributed by atoms with Gasteiger partial charge in [-0.15, -0.1) is 11.8 Å². The molecule has 9 amide bonds. The maximum Gasteiger partial charge on any atom is 0.246 e. The number of aromatic amines is 1. The van der Waals surface area contributed by atoms with Crippen LogP contribution < -0.4 is 47.7 Å². The van der Waals surface area contributed by atoms with Gasteiger partial charge in [0.1, 0.15) is 48.6 Å². The highest BCUT2D eigenvalue weighted by Gasteiger charge is 2.48. The second-order valence-corrected chi connectivity index (χ2v) is 36.0. The van der Waals surface area contributed by atoms with Crippen molar-refractivity contribution in [1.82, 2.24) is 47.1 Å². The molecule has 1 fully saturated rings. The van der Waals surface area contributed by atoms with E-state index in [4.69, 9.17) is 19.3 Å². The molecule has 0 aliphatic carbocycles. The number of aliphatic hydroxyl groups excluding tert-OH is 1. The zero-order chi connectivity index (χ0) is 62.2.